The topological polar surface area (TPSA) is 65.0 Å². The van der Waals surface area contributed by atoms with Crippen LogP contribution in [0, 0.1) is 0 Å². The number of amidine groups is 1. The van der Waals surface area contributed by atoms with Crippen molar-refractivity contribution in [1.29, 1.82) is 0 Å². The number of urea groups is 1. The van der Waals surface area contributed by atoms with Crippen LogP contribution in [0.2, 0.25) is 0 Å². The molecule has 2 heterocycles. The predicted octanol–water partition coefficient (Wildman–Crippen LogP) is 3.03. The summed E-state index contributed by atoms with van der Waals surface area (Å²) in [4.78, 5) is 32.7. The molecule has 134 valence electrons. The maximum absolute atomic E-state index is 12.5. The summed E-state index contributed by atoms with van der Waals surface area (Å²) < 4.78 is 0.995. The van der Waals surface area contributed by atoms with Gasteiger partial charge in [-0.05, 0) is 24.1 Å². The summed E-state index contributed by atoms with van der Waals surface area (Å²) in [6, 6.07) is 7.12. The van der Waals surface area contributed by atoms with Crippen molar-refractivity contribution in [2.45, 2.75) is 44.3 Å². The number of rotatable bonds is 4. The highest BCUT2D eigenvalue weighted by atomic mass is 79.9. The molecule has 25 heavy (non-hydrogen) atoms. The molecule has 1 aromatic carbocycles. The zero-order valence-corrected chi connectivity index (χ0v) is 16.8. The van der Waals surface area contributed by atoms with Crippen LogP contribution in [0.4, 0.5) is 4.79 Å². The largest absolute Gasteiger partial charge is 0.331 e. The molecule has 1 aromatic rings. The minimum Gasteiger partial charge on any atom is -0.331 e. The number of thioether (sulfide) groups is 1. The lowest BCUT2D eigenvalue weighted by atomic mass is 10.1. The van der Waals surface area contributed by atoms with Gasteiger partial charge >= 0.3 is 6.03 Å². The molecule has 2 aliphatic heterocycles. The van der Waals surface area contributed by atoms with E-state index in [2.05, 4.69) is 35.1 Å². The van der Waals surface area contributed by atoms with Crippen molar-refractivity contribution >= 4 is 44.8 Å². The van der Waals surface area contributed by atoms with Crippen molar-refractivity contribution in [3.8, 4) is 0 Å². The lowest BCUT2D eigenvalue weighted by molar-refractivity contribution is -0.127. The Morgan fingerprint density at radius 1 is 1.40 bits per heavy atom. The Kier molecular flexibility index (Phi) is 5.38. The second-order valence-corrected chi connectivity index (χ2v) is 8.59. The Hall–Kier alpha value is -1.54. The molecule has 0 aromatic heterocycles. The molecule has 0 saturated carbocycles. The summed E-state index contributed by atoms with van der Waals surface area (Å²) in [7, 11) is 1.68. The second-order valence-electron chi connectivity index (χ2n) is 6.27. The van der Waals surface area contributed by atoms with E-state index in [1.54, 1.807) is 18.8 Å². The number of hydrogen-bond acceptors (Lipinski definition) is 5. The van der Waals surface area contributed by atoms with Gasteiger partial charge in [0.2, 0.25) is 0 Å². The van der Waals surface area contributed by atoms with Crippen LogP contribution in [0.15, 0.2) is 33.7 Å². The second kappa shape index (κ2) is 7.37. The fourth-order valence-electron chi connectivity index (χ4n) is 2.86. The third kappa shape index (κ3) is 3.69. The molecular formula is C17H21BrN4O2S. The highest BCUT2D eigenvalue weighted by Gasteiger charge is 2.48. The number of amides is 3. The van der Waals surface area contributed by atoms with E-state index in [0.717, 1.165) is 21.6 Å². The number of halogens is 1. The number of carbonyl (C=O) groups excluding carboxylic acids is 2. The number of hydrogen-bond donors (Lipinski definition) is 1. The maximum atomic E-state index is 12.5. The molecule has 3 atom stereocenters. The van der Waals surface area contributed by atoms with Crippen LogP contribution in [0.25, 0.3) is 0 Å². The molecular weight excluding hydrogens is 404 g/mol. The molecule has 2 aliphatic rings. The van der Waals surface area contributed by atoms with E-state index in [1.807, 2.05) is 29.2 Å². The summed E-state index contributed by atoms with van der Waals surface area (Å²) in [5.74, 6) is -0.286. The molecule has 0 radical (unpaired) electrons. The lowest BCUT2D eigenvalue weighted by Crippen LogP contribution is -2.63. The van der Waals surface area contributed by atoms with E-state index in [1.165, 1.54) is 4.90 Å². The number of fused-ring (bicyclic) bond motifs is 1. The first-order valence-corrected chi connectivity index (χ1v) is 9.91. The third-order valence-corrected chi connectivity index (χ3v) is 6.23. The van der Waals surface area contributed by atoms with Gasteiger partial charge in [0.1, 0.15) is 0 Å². The van der Waals surface area contributed by atoms with Gasteiger partial charge in [-0.2, -0.15) is 0 Å². The van der Waals surface area contributed by atoms with E-state index in [-0.39, 0.29) is 5.91 Å². The van der Waals surface area contributed by atoms with Gasteiger partial charge < -0.3 is 9.80 Å². The number of aliphatic imine (C=N–C) groups is 1. The summed E-state index contributed by atoms with van der Waals surface area (Å²) in [5.41, 5.74) is 1.08. The average molecular weight is 425 g/mol. The molecule has 1 N–H and O–H groups in total. The van der Waals surface area contributed by atoms with E-state index in [4.69, 9.17) is 4.99 Å². The number of benzene rings is 1. The smallest absolute Gasteiger partial charge is 0.325 e. The van der Waals surface area contributed by atoms with Crippen molar-refractivity contribution in [1.82, 2.24) is 15.1 Å². The molecule has 0 aliphatic carbocycles. The Labute approximate surface area is 160 Å². The molecule has 0 spiro atoms. The Morgan fingerprint density at radius 2 is 2.16 bits per heavy atom. The Bertz CT molecular complexity index is 726. The van der Waals surface area contributed by atoms with Crippen molar-refractivity contribution in [2.75, 3.05) is 7.05 Å². The van der Waals surface area contributed by atoms with Gasteiger partial charge in [-0.3, -0.25) is 10.1 Å². The van der Waals surface area contributed by atoms with Crippen LogP contribution in [-0.2, 0) is 11.3 Å². The summed E-state index contributed by atoms with van der Waals surface area (Å²) in [6.45, 7) is 4.83. The van der Waals surface area contributed by atoms with Crippen molar-refractivity contribution in [3.63, 3.8) is 0 Å². The summed E-state index contributed by atoms with van der Waals surface area (Å²) >= 11 is 5.15. The molecule has 6 nitrogen and oxygen atoms in total. The van der Waals surface area contributed by atoms with Crippen molar-refractivity contribution < 1.29 is 9.59 Å². The van der Waals surface area contributed by atoms with Crippen LogP contribution < -0.4 is 5.32 Å². The molecule has 3 amide bonds. The number of likely N-dealkylation sites (N-methyl/N-ethyl adjacent to an activating group) is 1. The molecule has 1 fully saturated rings. The van der Waals surface area contributed by atoms with Gasteiger partial charge in [0, 0.05) is 23.3 Å². The monoisotopic (exact) mass is 424 g/mol. The quantitative estimate of drug-likeness (QED) is 0.806. The molecule has 3 unspecified atom stereocenters. The zero-order valence-electron chi connectivity index (χ0n) is 14.4. The summed E-state index contributed by atoms with van der Waals surface area (Å²) in [5, 5.41) is 3.63. The Morgan fingerprint density at radius 3 is 2.84 bits per heavy atom. The predicted molar refractivity (Wildman–Crippen MR) is 103 cm³/mol. The number of carbonyl (C=O) groups is 2. The summed E-state index contributed by atoms with van der Waals surface area (Å²) in [6.07, 6.45) is 0.532. The van der Waals surface area contributed by atoms with Crippen LogP contribution in [0.1, 0.15) is 25.8 Å². The third-order valence-electron chi connectivity index (χ3n) is 4.45. The van der Waals surface area contributed by atoms with E-state index in [0.29, 0.717) is 11.8 Å². The van der Waals surface area contributed by atoms with Gasteiger partial charge in [-0.1, -0.05) is 53.7 Å². The Balaban J connectivity index is 1.92. The van der Waals surface area contributed by atoms with Gasteiger partial charge in [-0.25, -0.2) is 9.79 Å². The molecule has 3 rings (SSSR count). The first kappa shape index (κ1) is 18.3. The highest BCUT2D eigenvalue weighted by molar-refractivity contribution is 9.10. The van der Waals surface area contributed by atoms with Crippen molar-refractivity contribution in [2.24, 2.45) is 4.99 Å². The minimum absolute atomic E-state index is 0.286. The van der Waals surface area contributed by atoms with Crippen LogP contribution in [0.3, 0.4) is 0 Å². The van der Waals surface area contributed by atoms with Crippen LogP contribution in [-0.4, -0.2) is 51.4 Å². The number of nitrogens with zero attached hydrogens (tertiary/aromatic N) is 3. The SMILES string of the molecule is CCC(C)SC1=NC2C(C(=O)NC(=O)N2C)N1Cc1cccc(Br)c1. The lowest BCUT2D eigenvalue weighted by Gasteiger charge is -2.36. The average Bonchev–Trinajstić information content (AvgIpc) is 2.91. The van der Waals surface area contributed by atoms with Gasteiger partial charge in [0.25, 0.3) is 5.91 Å². The minimum atomic E-state index is -0.492. The number of nitrogens with one attached hydrogen (secondary N) is 1. The highest BCUT2D eigenvalue weighted by Crippen LogP contribution is 2.32. The van der Waals surface area contributed by atoms with E-state index < -0.39 is 18.2 Å². The standard InChI is InChI=1S/C17H21BrN4O2S/c1-4-10(2)25-17-19-14-13(15(23)20-16(24)21(14)3)22(17)9-11-6-5-7-12(18)8-11/h5-8,10,13-14H,4,9H2,1-3H3,(H,20,23,24). The zero-order chi connectivity index (χ0) is 18.1. The van der Waals surface area contributed by atoms with Crippen LogP contribution in [0.5, 0.6) is 0 Å². The fourth-order valence-corrected chi connectivity index (χ4v) is 4.32. The fraction of sp³-hybridized carbons (Fsp3) is 0.471. The van der Waals surface area contributed by atoms with Gasteiger partial charge in [0.05, 0.1) is 0 Å². The van der Waals surface area contributed by atoms with Crippen molar-refractivity contribution in [3.05, 3.63) is 34.3 Å². The molecule has 0 bridgehead atoms. The first-order valence-electron chi connectivity index (χ1n) is 8.24. The van der Waals surface area contributed by atoms with E-state index in [9.17, 15) is 9.59 Å². The van der Waals surface area contributed by atoms with Crippen LogP contribution >= 0.6 is 27.7 Å². The normalized spacial score (nSPS) is 24.1. The number of imide groups is 1. The van der Waals surface area contributed by atoms with E-state index >= 15 is 0 Å². The van der Waals surface area contributed by atoms with Gasteiger partial charge in [0.15, 0.2) is 17.4 Å². The molecule has 8 heteroatoms. The van der Waals surface area contributed by atoms with Gasteiger partial charge in [-0.15, -0.1) is 0 Å². The maximum Gasteiger partial charge on any atom is 0.325 e. The first-order chi connectivity index (χ1) is 11.9. The molecule has 1 saturated heterocycles.